The molecule has 19 heavy (non-hydrogen) atoms. The predicted octanol–water partition coefficient (Wildman–Crippen LogP) is 3.02. The summed E-state index contributed by atoms with van der Waals surface area (Å²) in [4.78, 5) is 5.68. The van der Waals surface area contributed by atoms with Crippen LogP contribution in [0.15, 0.2) is 4.52 Å². The molecule has 0 aliphatic heterocycles. The molecule has 1 aliphatic carbocycles. The zero-order chi connectivity index (χ0) is 13.6. The quantitative estimate of drug-likeness (QED) is 0.934. The second-order valence-electron chi connectivity index (χ2n) is 5.00. The fraction of sp³-hybridized carbons (Fsp3) is 0.538. The van der Waals surface area contributed by atoms with Gasteiger partial charge in [0.25, 0.3) is 5.89 Å². The van der Waals surface area contributed by atoms with Crippen molar-refractivity contribution in [2.75, 3.05) is 12.8 Å². The summed E-state index contributed by atoms with van der Waals surface area (Å²) < 4.78 is 11.0. The van der Waals surface area contributed by atoms with Crippen molar-refractivity contribution >= 4 is 16.3 Å². The van der Waals surface area contributed by atoms with Gasteiger partial charge >= 0.3 is 0 Å². The van der Waals surface area contributed by atoms with Crippen molar-refractivity contribution in [2.24, 2.45) is 0 Å². The molecular weight excluding hydrogens is 262 g/mol. The summed E-state index contributed by atoms with van der Waals surface area (Å²) in [5, 5.41) is 4.81. The largest absolute Gasteiger partial charge is 0.390 e. The van der Waals surface area contributed by atoms with Gasteiger partial charge in [-0.25, -0.2) is 0 Å². The Bertz CT molecular complexity index is 608. The van der Waals surface area contributed by atoms with E-state index in [1.807, 2.05) is 13.8 Å². The molecular formula is C13H17N3O2S. The molecule has 0 spiro atoms. The van der Waals surface area contributed by atoms with Crippen molar-refractivity contribution in [2.45, 2.75) is 38.7 Å². The van der Waals surface area contributed by atoms with E-state index < -0.39 is 0 Å². The number of aromatic nitrogens is 2. The number of methoxy groups -OCH3 is 1. The topological polar surface area (TPSA) is 74.2 Å². The second kappa shape index (κ2) is 4.31. The Kier molecular flexibility index (Phi) is 2.87. The van der Waals surface area contributed by atoms with Crippen LogP contribution in [0.2, 0.25) is 0 Å². The van der Waals surface area contributed by atoms with Gasteiger partial charge in [-0.1, -0.05) is 5.16 Å². The number of ether oxygens (including phenoxy) is 1. The number of nitrogens with two attached hydrogens (primary N) is 1. The average Bonchev–Trinajstić information content (AvgIpc) is 2.86. The van der Waals surface area contributed by atoms with Gasteiger partial charge in [0.2, 0.25) is 5.82 Å². The SMILES string of the molecule is COC1(c2noc(-c3c(N)sc(C)c3C)n2)CCC1. The van der Waals surface area contributed by atoms with Crippen LogP contribution < -0.4 is 5.73 Å². The molecule has 2 N–H and O–H groups in total. The molecule has 0 saturated heterocycles. The van der Waals surface area contributed by atoms with Gasteiger partial charge in [0.05, 0.1) is 10.6 Å². The van der Waals surface area contributed by atoms with Gasteiger partial charge in [0, 0.05) is 12.0 Å². The molecule has 0 aromatic carbocycles. The monoisotopic (exact) mass is 279 g/mol. The maximum Gasteiger partial charge on any atom is 0.261 e. The Morgan fingerprint density at radius 1 is 1.37 bits per heavy atom. The minimum absolute atomic E-state index is 0.352. The minimum Gasteiger partial charge on any atom is -0.390 e. The molecule has 0 unspecified atom stereocenters. The molecule has 3 rings (SSSR count). The van der Waals surface area contributed by atoms with Gasteiger partial charge in [-0.15, -0.1) is 11.3 Å². The summed E-state index contributed by atoms with van der Waals surface area (Å²) in [5.74, 6) is 1.14. The molecule has 0 radical (unpaired) electrons. The minimum atomic E-state index is -0.352. The molecule has 2 heterocycles. The van der Waals surface area contributed by atoms with Gasteiger partial charge in [0.15, 0.2) is 0 Å². The molecule has 0 bridgehead atoms. The lowest BCUT2D eigenvalue weighted by molar-refractivity contribution is -0.0858. The summed E-state index contributed by atoms with van der Waals surface area (Å²) in [6, 6.07) is 0. The molecule has 0 amide bonds. The zero-order valence-electron chi connectivity index (χ0n) is 11.3. The van der Waals surface area contributed by atoms with E-state index in [2.05, 4.69) is 10.1 Å². The first-order valence-electron chi connectivity index (χ1n) is 6.32. The summed E-state index contributed by atoms with van der Waals surface area (Å²) >= 11 is 1.55. The smallest absolute Gasteiger partial charge is 0.261 e. The van der Waals surface area contributed by atoms with E-state index in [0.717, 1.165) is 35.4 Å². The van der Waals surface area contributed by atoms with E-state index in [9.17, 15) is 0 Å². The highest BCUT2D eigenvalue weighted by Crippen LogP contribution is 2.44. The van der Waals surface area contributed by atoms with Gasteiger partial charge in [-0.3, -0.25) is 0 Å². The highest BCUT2D eigenvalue weighted by molar-refractivity contribution is 7.16. The molecule has 0 atom stereocenters. The lowest BCUT2D eigenvalue weighted by Crippen LogP contribution is -2.37. The highest BCUT2D eigenvalue weighted by atomic mass is 32.1. The van der Waals surface area contributed by atoms with Crippen LogP contribution in [0, 0.1) is 13.8 Å². The number of nitrogens with zero attached hydrogens (tertiary/aromatic N) is 2. The third-order valence-electron chi connectivity index (χ3n) is 4.01. The van der Waals surface area contributed by atoms with Crippen molar-refractivity contribution < 1.29 is 9.26 Å². The fourth-order valence-corrected chi connectivity index (χ4v) is 3.37. The number of thiophene rings is 1. The van der Waals surface area contributed by atoms with Crippen molar-refractivity contribution in [1.29, 1.82) is 0 Å². The standard InChI is InChI=1S/C13H17N3O2S/c1-7-8(2)19-10(14)9(7)11-15-12(16-18-11)13(17-3)5-4-6-13/h4-6,14H2,1-3H3. The number of hydrogen-bond acceptors (Lipinski definition) is 6. The Hall–Kier alpha value is -1.40. The summed E-state index contributed by atoms with van der Waals surface area (Å²) in [7, 11) is 1.70. The number of aryl methyl sites for hydroxylation is 1. The lowest BCUT2D eigenvalue weighted by atomic mass is 9.79. The van der Waals surface area contributed by atoms with E-state index in [0.29, 0.717) is 11.7 Å². The normalized spacial score (nSPS) is 17.4. The Morgan fingerprint density at radius 2 is 2.11 bits per heavy atom. The van der Waals surface area contributed by atoms with Gasteiger partial charge in [-0.2, -0.15) is 4.98 Å². The van der Waals surface area contributed by atoms with E-state index in [1.165, 1.54) is 4.88 Å². The van der Waals surface area contributed by atoms with E-state index in [1.54, 1.807) is 18.4 Å². The van der Waals surface area contributed by atoms with Crippen LogP contribution in [0.5, 0.6) is 0 Å². The molecule has 1 aliphatic rings. The Balaban J connectivity index is 2.02. The van der Waals surface area contributed by atoms with E-state index in [-0.39, 0.29) is 5.60 Å². The molecule has 2 aromatic heterocycles. The molecule has 5 nitrogen and oxygen atoms in total. The molecule has 1 fully saturated rings. The Morgan fingerprint density at radius 3 is 2.58 bits per heavy atom. The predicted molar refractivity (Wildman–Crippen MR) is 74.0 cm³/mol. The summed E-state index contributed by atoms with van der Waals surface area (Å²) in [6.07, 6.45) is 3.02. The van der Waals surface area contributed by atoms with E-state index >= 15 is 0 Å². The van der Waals surface area contributed by atoms with Gasteiger partial charge in [0.1, 0.15) is 5.60 Å². The van der Waals surface area contributed by atoms with Crippen molar-refractivity contribution in [3.8, 4) is 11.5 Å². The average molecular weight is 279 g/mol. The summed E-state index contributed by atoms with van der Waals surface area (Å²) in [5.41, 5.74) is 7.66. The molecule has 6 heteroatoms. The lowest BCUT2D eigenvalue weighted by Gasteiger charge is -2.37. The van der Waals surface area contributed by atoms with E-state index in [4.69, 9.17) is 15.0 Å². The maximum absolute atomic E-state index is 6.03. The third kappa shape index (κ3) is 1.78. The van der Waals surface area contributed by atoms with Crippen LogP contribution in [-0.2, 0) is 10.3 Å². The highest BCUT2D eigenvalue weighted by Gasteiger charge is 2.43. The van der Waals surface area contributed by atoms with Crippen molar-refractivity contribution in [3.63, 3.8) is 0 Å². The number of nitrogen functional groups attached to an aromatic ring is 1. The van der Waals surface area contributed by atoms with Gasteiger partial charge in [-0.05, 0) is 38.7 Å². The summed E-state index contributed by atoms with van der Waals surface area (Å²) in [6.45, 7) is 4.07. The fourth-order valence-electron chi connectivity index (χ4n) is 2.45. The number of hydrogen-bond donors (Lipinski definition) is 1. The van der Waals surface area contributed by atoms with Gasteiger partial charge < -0.3 is 15.0 Å². The Labute approximate surface area is 115 Å². The van der Waals surface area contributed by atoms with Crippen molar-refractivity contribution in [1.82, 2.24) is 10.1 Å². The van der Waals surface area contributed by atoms with Crippen LogP contribution in [0.4, 0.5) is 5.00 Å². The maximum atomic E-state index is 6.03. The second-order valence-corrected chi connectivity index (χ2v) is 6.25. The van der Waals surface area contributed by atoms with Crippen LogP contribution in [0.3, 0.4) is 0 Å². The molecule has 102 valence electrons. The zero-order valence-corrected chi connectivity index (χ0v) is 12.1. The number of anilines is 1. The van der Waals surface area contributed by atoms with Crippen LogP contribution in [0.25, 0.3) is 11.5 Å². The van der Waals surface area contributed by atoms with Crippen LogP contribution in [0.1, 0.15) is 35.5 Å². The van der Waals surface area contributed by atoms with Crippen LogP contribution in [-0.4, -0.2) is 17.3 Å². The molecule has 2 aromatic rings. The van der Waals surface area contributed by atoms with Crippen LogP contribution >= 0.6 is 11.3 Å². The first-order chi connectivity index (χ1) is 9.07. The first-order valence-corrected chi connectivity index (χ1v) is 7.14. The first kappa shape index (κ1) is 12.6. The number of rotatable bonds is 3. The third-order valence-corrected chi connectivity index (χ3v) is 5.05. The molecule has 1 saturated carbocycles. The van der Waals surface area contributed by atoms with Crippen molar-refractivity contribution in [3.05, 3.63) is 16.3 Å².